The normalized spacial score (nSPS) is 19.2. The Kier molecular flexibility index (Phi) is 5.35. The maximum atomic E-state index is 11.9. The van der Waals surface area contributed by atoms with Gasteiger partial charge in [-0.25, -0.2) is 12.7 Å². The van der Waals surface area contributed by atoms with Crippen LogP contribution >= 0.6 is 0 Å². The Morgan fingerprint density at radius 2 is 2.00 bits per heavy atom. The molecule has 0 saturated carbocycles. The van der Waals surface area contributed by atoms with Crippen LogP contribution in [0.3, 0.4) is 0 Å². The Balaban J connectivity index is 2.43. The van der Waals surface area contributed by atoms with E-state index in [1.54, 1.807) is 0 Å². The number of carbonyl (C=O) groups is 1. The summed E-state index contributed by atoms with van der Waals surface area (Å²) in [5, 5.41) is 2.82. The number of hydrogen-bond donors (Lipinski definition) is 2. The zero-order valence-electron chi connectivity index (χ0n) is 10.2. The summed E-state index contributed by atoms with van der Waals surface area (Å²) in [7, 11) is -3.16. The zero-order valence-corrected chi connectivity index (χ0v) is 11.0. The number of rotatable bonds is 5. The molecular formula is C10H21N3O3S. The smallest absolute Gasteiger partial charge is 0.217 e. The van der Waals surface area contributed by atoms with Crippen molar-refractivity contribution in [2.75, 3.05) is 25.4 Å². The summed E-state index contributed by atoms with van der Waals surface area (Å²) in [6.07, 6.45) is 1.86. The van der Waals surface area contributed by atoms with Crippen LogP contribution in [0.2, 0.25) is 0 Å². The number of carbonyl (C=O) groups excluding carboxylic acids is 1. The van der Waals surface area contributed by atoms with Crippen LogP contribution in [0.15, 0.2) is 0 Å². The fraction of sp³-hybridized carbons (Fsp3) is 0.900. The third-order valence-electron chi connectivity index (χ3n) is 2.86. The predicted molar refractivity (Wildman–Crippen MR) is 65.9 cm³/mol. The molecule has 0 aromatic rings. The molecule has 1 amide bonds. The first-order valence-corrected chi connectivity index (χ1v) is 7.51. The lowest BCUT2D eigenvalue weighted by Crippen LogP contribution is -2.46. The standard InChI is InChI=1S/C10H21N3O3S/c1-9(14)12-10-3-6-13(7-4-10)17(15,16)8-2-5-11/h10H,2-8,11H2,1H3,(H,12,14). The average Bonchev–Trinajstić information content (AvgIpc) is 2.26. The van der Waals surface area contributed by atoms with Gasteiger partial charge in [-0.3, -0.25) is 4.79 Å². The van der Waals surface area contributed by atoms with Crippen LogP contribution in [-0.4, -0.2) is 50.1 Å². The summed E-state index contributed by atoms with van der Waals surface area (Å²) in [4.78, 5) is 10.9. The number of nitrogens with one attached hydrogen (secondary N) is 1. The molecule has 1 saturated heterocycles. The van der Waals surface area contributed by atoms with Gasteiger partial charge >= 0.3 is 0 Å². The highest BCUT2D eigenvalue weighted by molar-refractivity contribution is 7.89. The molecule has 0 unspecified atom stereocenters. The van der Waals surface area contributed by atoms with Crippen molar-refractivity contribution in [2.24, 2.45) is 5.73 Å². The molecule has 6 nitrogen and oxygen atoms in total. The molecule has 0 aromatic carbocycles. The van der Waals surface area contributed by atoms with E-state index in [9.17, 15) is 13.2 Å². The molecule has 1 aliphatic heterocycles. The quantitative estimate of drug-likeness (QED) is 0.683. The van der Waals surface area contributed by atoms with Crippen molar-refractivity contribution in [3.05, 3.63) is 0 Å². The van der Waals surface area contributed by atoms with Crippen molar-refractivity contribution in [3.63, 3.8) is 0 Å². The van der Waals surface area contributed by atoms with Gasteiger partial charge in [0.25, 0.3) is 0 Å². The minimum atomic E-state index is -3.16. The second-order valence-corrected chi connectivity index (χ2v) is 6.42. The lowest BCUT2D eigenvalue weighted by atomic mass is 10.1. The van der Waals surface area contributed by atoms with Crippen LogP contribution in [0, 0.1) is 0 Å². The first kappa shape index (κ1) is 14.4. The second-order valence-electron chi connectivity index (χ2n) is 4.33. The molecule has 0 radical (unpaired) electrons. The van der Waals surface area contributed by atoms with Crippen LogP contribution < -0.4 is 11.1 Å². The van der Waals surface area contributed by atoms with Crippen molar-refractivity contribution < 1.29 is 13.2 Å². The highest BCUT2D eigenvalue weighted by Gasteiger charge is 2.27. The largest absolute Gasteiger partial charge is 0.354 e. The van der Waals surface area contributed by atoms with Gasteiger partial charge in [0.1, 0.15) is 0 Å². The first-order valence-electron chi connectivity index (χ1n) is 5.90. The summed E-state index contributed by atoms with van der Waals surface area (Å²) in [5.74, 6) is 0.0586. The van der Waals surface area contributed by atoms with Crippen molar-refractivity contribution in [2.45, 2.75) is 32.2 Å². The van der Waals surface area contributed by atoms with Gasteiger partial charge in [0.2, 0.25) is 15.9 Å². The first-order chi connectivity index (χ1) is 7.95. The molecule has 1 aliphatic rings. The summed E-state index contributed by atoms with van der Waals surface area (Å²) < 4.78 is 25.2. The molecule has 17 heavy (non-hydrogen) atoms. The molecule has 3 N–H and O–H groups in total. The van der Waals surface area contributed by atoms with Gasteiger partial charge in [0.05, 0.1) is 5.75 Å². The van der Waals surface area contributed by atoms with Gasteiger partial charge in [-0.05, 0) is 25.8 Å². The SMILES string of the molecule is CC(=O)NC1CCN(S(=O)(=O)CCCN)CC1. The van der Waals surface area contributed by atoms with Crippen LogP contribution in [0.5, 0.6) is 0 Å². The van der Waals surface area contributed by atoms with Crippen molar-refractivity contribution in [1.29, 1.82) is 0 Å². The molecule has 1 heterocycles. The number of amides is 1. The number of sulfonamides is 1. The number of hydrogen-bond acceptors (Lipinski definition) is 4. The van der Waals surface area contributed by atoms with Gasteiger partial charge in [-0.2, -0.15) is 0 Å². The lowest BCUT2D eigenvalue weighted by Gasteiger charge is -2.31. The van der Waals surface area contributed by atoms with E-state index in [1.807, 2.05) is 0 Å². The van der Waals surface area contributed by atoms with E-state index >= 15 is 0 Å². The topological polar surface area (TPSA) is 92.5 Å². The second kappa shape index (κ2) is 6.32. The van der Waals surface area contributed by atoms with E-state index in [0.29, 0.717) is 38.9 Å². The lowest BCUT2D eigenvalue weighted by molar-refractivity contribution is -0.119. The Hall–Kier alpha value is -0.660. The molecule has 1 fully saturated rings. The fourth-order valence-corrected chi connectivity index (χ4v) is 3.52. The Labute approximate surface area is 103 Å². The third kappa shape index (κ3) is 4.61. The monoisotopic (exact) mass is 263 g/mol. The minimum Gasteiger partial charge on any atom is -0.354 e. The minimum absolute atomic E-state index is 0.0607. The van der Waals surface area contributed by atoms with Gasteiger partial charge < -0.3 is 11.1 Å². The van der Waals surface area contributed by atoms with Gasteiger partial charge in [0.15, 0.2) is 0 Å². The van der Waals surface area contributed by atoms with E-state index in [2.05, 4.69) is 5.32 Å². The number of nitrogens with zero attached hydrogens (tertiary/aromatic N) is 1. The zero-order chi connectivity index (χ0) is 12.9. The van der Waals surface area contributed by atoms with E-state index in [0.717, 1.165) is 0 Å². The molecule has 1 rings (SSSR count). The molecule has 0 bridgehead atoms. The summed E-state index contributed by atoms with van der Waals surface area (Å²) in [6, 6.07) is 0.105. The van der Waals surface area contributed by atoms with Crippen molar-refractivity contribution in [1.82, 2.24) is 9.62 Å². The summed E-state index contributed by atoms with van der Waals surface area (Å²) in [6.45, 7) is 2.83. The van der Waals surface area contributed by atoms with E-state index < -0.39 is 10.0 Å². The molecule has 7 heteroatoms. The summed E-state index contributed by atoms with van der Waals surface area (Å²) in [5.41, 5.74) is 5.31. The van der Waals surface area contributed by atoms with Crippen molar-refractivity contribution in [3.8, 4) is 0 Å². The number of piperidine rings is 1. The molecule has 0 aliphatic carbocycles. The van der Waals surface area contributed by atoms with E-state index in [4.69, 9.17) is 5.73 Å². The Morgan fingerprint density at radius 1 is 1.41 bits per heavy atom. The molecule has 0 aromatic heterocycles. The fourth-order valence-electron chi connectivity index (χ4n) is 1.96. The molecule has 0 atom stereocenters. The predicted octanol–water partition coefficient (Wildman–Crippen LogP) is -0.734. The maximum Gasteiger partial charge on any atom is 0.217 e. The van der Waals surface area contributed by atoms with Gasteiger partial charge in [-0.1, -0.05) is 0 Å². The molecular weight excluding hydrogens is 242 g/mol. The Morgan fingerprint density at radius 3 is 2.47 bits per heavy atom. The van der Waals surface area contributed by atoms with Crippen LogP contribution in [0.4, 0.5) is 0 Å². The van der Waals surface area contributed by atoms with Crippen LogP contribution in [-0.2, 0) is 14.8 Å². The Bertz CT molecular complexity index is 348. The van der Waals surface area contributed by atoms with Crippen LogP contribution in [0.1, 0.15) is 26.2 Å². The number of nitrogens with two attached hydrogens (primary N) is 1. The maximum absolute atomic E-state index is 11.9. The van der Waals surface area contributed by atoms with Crippen LogP contribution in [0.25, 0.3) is 0 Å². The van der Waals surface area contributed by atoms with Gasteiger partial charge in [0, 0.05) is 26.1 Å². The third-order valence-corrected chi connectivity index (χ3v) is 4.82. The van der Waals surface area contributed by atoms with E-state index in [1.165, 1.54) is 11.2 Å². The van der Waals surface area contributed by atoms with Gasteiger partial charge in [-0.15, -0.1) is 0 Å². The van der Waals surface area contributed by atoms with Crippen molar-refractivity contribution >= 4 is 15.9 Å². The highest BCUT2D eigenvalue weighted by atomic mass is 32.2. The summed E-state index contributed by atoms with van der Waals surface area (Å²) >= 11 is 0. The highest BCUT2D eigenvalue weighted by Crippen LogP contribution is 2.14. The molecule has 0 spiro atoms. The average molecular weight is 263 g/mol. The molecule has 100 valence electrons. The van der Waals surface area contributed by atoms with E-state index in [-0.39, 0.29) is 17.7 Å².